The van der Waals surface area contributed by atoms with E-state index in [-0.39, 0.29) is 18.0 Å². The number of nitrogens with zero attached hydrogens (tertiary/aromatic N) is 4. The number of allylic oxidation sites excluding steroid dienone is 1. The van der Waals surface area contributed by atoms with Crippen molar-refractivity contribution in [3.63, 3.8) is 0 Å². The van der Waals surface area contributed by atoms with Crippen molar-refractivity contribution in [1.29, 1.82) is 0 Å². The molecule has 0 spiro atoms. The van der Waals surface area contributed by atoms with Gasteiger partial charge in [0.1, 0.15) is 23.5 Å². The standard InChI is InChI=1S/C25H21F3N6O3/c1-36-16-8-5-9-17-20(16)31-23(37-17)19-15(12-33-11-10-29-13-33)30-22-18(14-6-3-2-4-7-14)21(25(26,27)28)32-34(22)24(19)35/h2-11,13,18,21-22,30,32H,12H2,1H3. The summed E-state index contributed by atoms with van der Waals surface area (Å²) in [6, 6.07) is 11.4. The molecule has 9 nitrogen and oxygen atoms in total. The highest BCUT2D eigenvalue weighted by Crippen LogP contribution is 2.43. The highest BCUT2D eigenvalue weighted by Gasteiger charge is 2.58. The van der Waals surface area contributed by atoms with E-state index in [1.54, 1.807) is 71.8 Å². The van der Waals surface area contributed by atoms with Gasteiger partial charge >= 0.3 is 6.18 Å². The average Bonchev–Trinajstić information content (AvgIpc) is 3.62. The number of imidazole rings is 1. The van der Waals surface area contributed by atoms with Crippen molar-refractivity contribution < 1.29 is 27.1 Å². The van der Waals surface area contributed by atoms with Gasteiger partial charge in [-0.3, -0.25) is 4.79 Å². The first-order valence-corrected chi connectivity index (χ1v) is 11.5. The van der Waals surface area contributed by atoms with E-state index in [0.717, 1.165) is 5.01 Å². The lowest BCUT2D eigenvalue weighted by atomic mass is 9.89. The van der Waals surface area contributed by atoms with Crippen LogP contribution in [0.3, 0.4) is 0 Å². The fourth-order valence-electron chi connectivity index (χ4n) is 4.92. The third kappa shape index (κ3) is 3.89. The Bertz CT molecular complexity index is 1480. The number of hydrogen-bond acceptors (Lipinski definition) is 7. The summed E-state index contributed by atoms with van der Waals surface area (Å²) < 4.78 is 55.6. The molecule has 0 bridgehead atoms. The Morgan fingerprint density at radius 1 is 1.14 bits per heavy atom. The van der Waals surface area contributed by atoms with Crippen molar-refractivity contribution in [2.75, 3.05) is 7.11 Å². The number of halogens is 3. The normalized spacial score (nSPS) is 21.9. The van der Waals surface area contributed by atoms with Gasteiger partial charge in [-0.15, -0.1) is 0 Å². The Morgan fingerprint density at radius 2 is 1.95 bits per heavy atom. The highest BCUT2D eigenvalue weighted by atomic mass is 19.4. The van der Waals surface area contributed by atoms with Crippen LogP contribution in [-0.2, 0) is 11.3 Å². The molecule has 0 aliphatic carbocycles. The smallest absolute Gasteiger partial charge is 0.406 e. The van der Waals surface area contributed by atoms with E-state index in [9.17, 15) is 18.0 Å². The van der Waals surface area contributed by atoms with Crippen molar-refractivity contribution in [3.05, 3.63) is 84.4 Å². The van der Waals surface area contributed by atoms with E-state index in [2.05, 4.69) is 20.7 Å². The SMILES string of the molecule is COc1cccc2oc(C3=C(Cn4ccnc4)NC4C(c5ccccc5)C(C(F)(F)F)NN4C3=O)nc12. The van der Waals surface area contributed by atoms with Gasteiger partial charge < -0.3 is 19.0 Å². The van der Waals surface area contributed by atoms with Crippen LogP contribution in [-0.4, -0.2) is 50.9 Å². The van der Waals surface area contributed by atoms with Gasteiger partial charge in [0.15, 0.2) is 11.1 Å². The maximum Gasteiger partial charge on any atom is 0.406 e. The number of aromatic nitrogens is 3. The molecular weight excluding hydrogens is 489 g/mol. The van der Waals surface area contributed by atoms with Gasteiger partial charge in [-0.25, -0.2) is 20.4 Å². The Balaban J connectivity index is 1.49. The van der Waals surface area contributed by atoms with Crippen LogP contribution in [0.2, 0.25) is 0 Å². The number of hydrogen-bond donors (Lipinski definition) is 2. The van der Waals surface area contributed by atoms with E-state index >= 15 is 0 Å². The van der Waals surface area contributed by atoms with Gasteiger partial charge in [-0.1, -0.05) is 36.4 Å². The van der Waals surface area contributed by atoms with Gasteiger partial charge in [-0.2, -0.15) is 13.2 Å². The number of methoxy groups -OCH3 is 1. The van der Waals surface area contributed by atoms with Crippen molar-refractivity contribution in [3.8, 4) is 5.75 Å². The molecule has 1 fully saturated rings. The Hall–Kier alpha value is -4.32. The van der Waals surface area contributed by atoms with Crippen molar-refractivity contribution >= 4 is 22.6 Å². The molecule has 37 heavy (non-hydrogen) atoms. The number of alkyl halides is 3. The number of carbonyl (C=O) groups excluding carboxylic acids is 1. The lowest BCUT2D eigenvalue weighted by Gasteiger charge is -2.35. The number of para-hydroxylation sites is 1. The lowest BCUT2D eigenvalue weighted by Crippen LogP contribution is -2.55. The van der Waals surface area contributed by atoms with E-state index < -0.39 is 30.2 Å². The zero-order valence-electron chi connectivity index (χ0n) is 19.4. The summed E-state index contributed by atoms with van der Waals surface area (Å²) in [6.07, 6.45) is -0.806. The third-order valence-corrected chi connectivity index (χ3v) is 6.56. The van der Waals surface area contributed by atoms with Crippen LogP contribution in [0.4, 0.5) is 13.2 Å². The van der Waals surface area contributed by atoms with Gasteiger partial charge in [0.2, 0.25) is 5.89 Å². The minimum atomic E-state index is -4.62. The molecule has 2 N–H and O–H groups in total. The number of ether oxygens (including phenoxy) is 1. The Labute approximate surface area is 208 Å². The molecule has 3 atom stereocenters. The fraction of sp³-hybridized carbons (Fsp3) is 0.240. The summed E-state index contributed by atoms with van der Waals surface area (Å²) in [5, 5.41) is 4.19. The van der Waals surface area contributed by atoms with Crippen LogP contribution < -0.4 is 15.5 Å². The quantitative estimate of drug-likeness (QED) is 0.425. The van der Waals surface area contributed by atoms with E-state index in [0.29, 0.717) is 28.1 Å². The fourth-order valence-corrected chi connectivity index (χ4v) is 4.92. The molecule has 2 aromatic heterocycles. The number of amides is 1. The van der Waals surface area contributed by atoms with Gasteiger partial charge in [0, 0.05) is 12.4 Å². The molecule has 2 aliphatic rings. The summed E-state index contributed by atoms with van der Waals surface area (Å²) in [5.74, 6) is -1.37. The van der Waals surface area contributed by atoms with Crippen LogP contribution in [0.1, 0.15) is 17.4 Å². The lowest BCUT2D eigenvalue weighted by molar-refractivity contribution is -0.161. The second-order valence-corrected chi connectivity index (χ2v) is 8.76. The predicted molar refractivity (Wildman–Crippen MR) is 126 cm³/mol. The Morgan fingerprint density at radius 3 is 2.65 bits per heavy atom. The van der Waals surface area contributed by atoms with E-state index in [1.165, 1.54) is 7.11 Å². The number of carbonyl (C=O) groups is 1. The first-order chi connectivity index (χ1) is 17.8. The second kappa shape index (κ2) is 8.66. The van der Waals surface area contributed by atoms with E-state index in [1.807, 2.05) is 0 Å². The summed E-state index contributed by atoms with van der Waals surface area (Å²) >= 11 is 0. The minimum absolute atomic E-state index is 0.0188. The molecule has 1 saturated heterocycles. The number of hydrazine groups is 1. The monoisotopic (exact) mass is 510 g/mol. The summed E-state index contributed by atoms with van der Waals surface area (Å²) in [5.41, 5.74) is 4.02. The first-order valence-electron chi connectivity index (χ1n) is 11.5. The van der Waals surface area contributed by atoms with Crippen LogP contribution in [0.15, 0.2) is 77.4 Å². The molecule has 2 aromatic carbocycles. The molecule has 0 saturated carbocycles. The number of benzene rings is 2. The van der Waals surface area contributed by atoms with Crippen molar-refractivity contribution in [1.82, 2.24) is 30.3 Å². The van der Waals surface area contributed by atoms with Crippen LogP contribution >= 0.6 is 0 Å². The number of rotatable bonds is 5. The molecule has 4 heterocycles. The van der Waals surface area contributed by atoms with Crippen molar-refractivity contribution in [2.24, 2.45) is 0 Å². The van der Waals surface area contributed by atoms with Gasteiger partial charge in [-0.05, 0) is 17.7 Å². The largest absolute Gasteiger partial charge is 0.494 e. The summed E-state index contributed by atoms with van der Waals surface area (Å²) in [7, 11) is 1.49. The van der Waals surface area contributed by atoms with Crippen LogP contribution in [0.25, 0.3) is 16.7 Å². The molecule has 6 rings (SSSR count). The molecule has 190 valence electrons. The minimum Gasteiger partial charge on any atom is -0.494 e. The second-order valence-electron chi connectivity index (χ2n) is 8.76. The molecule has 12 heteroatoms. The number of oxazole rings is 1. The Kier molecular flexibility index (Phi) is 5.41. The highest BCUT2D eigenvalue weighted by molar-refractivity contribution is 6.20. The molecule has 3 unspecified atom stereocenters. The topological polar surface area (TPSA) is 97.5 Å². The molecule has 0 radical (unpaired) electrons. The first kappa shape index (κ1) is 23.1. The van der Waals surface area contributed by atoms with E-state index in [4.69, 9.17) is 9.15 Å². The number of fused-ring (bicyclic) bond motifs is 2. The molecule has 1 amide bonds. The maximum atomic E-state index is 14.2. The summed E-state index contributed by atoms with van der Waals surface area (Å²) in [4.78, 5) is 22.4. The van der Waals surface area contributed by atoms with Crippen LogP contribution in [0.5, 0.6) is 5.75 Å². The molecule has 2 aliphatic heterocycles. The van der Waals surface area contributed by atoms with Gasteiger partial charge in [0.25, 0.3) is 5.91 Å². The predicted octanol–water partition coefficient (Wildman–Crippen LogP) is 3.44. The van der Waals surface area contributed by atoms with Gasteiger partial charge in [0.05, 0.1) is 31.6 Å². The molecular formula is C25H21F3N6O3. The molecule has 4 aromatic rings. The average molecular weight is 510 g/mol. The zero-order valence-corrected chi connectivity index (χ0v) is 19.4. The summed E-state index contributed by atoms with van der Waals surface area (Å²) in [6.45, 7) is 0.138. The maximum absolute atomic E-state index is 14.2. The van der Waals surface area contributed by atoms with Crippen molar-refractivity contribution in [2.45, 2.75) is 30.8 Å². The zero-order chi connectivity index (χ0) is 25.7. The number of nitrogens with one attached hydrogen (secondary N) is 2. The third-order valence-electron chi connectivity index (χ3n) is 6.56. The van der Waals surface area contributed by atoms with Crippen LogP contribution in [0, 0.1) is 0 Å².